The molecule has 2 rings (SSSR count). The van der Waals surface area contributed by atoms with Crippen LogP contribution in [0.2, 0.25) is 0 Å². The maximum Gasteiger partial charge on any atom is 0.327 e. The van der Waals surface area contributed by atoms with E-state index in [1.165, 1.54) is 0 Å². The van der Waals surface area contributed by atoms with Gasteiger partial charge in [0.2, 0.25) is 0 Å². The standard InChI is InChI=1S/C11H18N2O2/c1-12-7-8-13(11(12)15)6-5-9-3-2-4-10(9)14/h7-10,14H,2-6H2,1H3. The molecule has 1 aromatic heterocycles. The molecule has 15 heavy (non-hydrogen) atoms. The van der Waals surface area contributed by atoms with Gasteiger partial charge in [-0.2, -0.15) is 0 Å². The van der Waals surface area contributed by atoms with Crippen LogP contribution in [0.3, 0.4) is 0 Å². The first-order valence-corrected chi connectivity index (χ1v) is 5.58. The van der Waals surface area contributed by atoms with Crippen molar-refractivity contribution >= 4 is 0 Å². The molecule has 0 saturated heterocycles. The maximum atomic E-state index is 11.5. The van der Waals surface area contributed by atoms with E-state index in [0.29, 0.717) is 5.92 Å². The third-order valence-corrected chi connectivity index (χ3v) is 3.38. The number of hydrogen-bond acceptors (Lipinski definition) is 2. The summed E-state index contributed by atoms with van der Waals surface area (Å²) < 4.78 is 3.29. The van der Waals surface area contributed by atoms with Gasteiger partial charge in [-0.15, -0.1) is 0 Å². The van der Waals surface area contributed by atoms with Crippen molar-refractivity contribution in [3.05, 3.63) is 22.9 Å². The zero-order valence-corrected chi connectivity index (χ0v) is 9.09. The summed E-state index contributed by atoms with van der Waals surface area (Å²) in [6.45, 7) is 0.724. The zero-order valence-electron chi connectivity index (χ0n) is 9.09. The molecular formula is C11H18N2O2. The second kappa shape index (κ2) is 4.23. The molecule has 0 amide bonds. The molecule has 84 valence electrons. The highest BCUT2D eigenvalue weighted by atomic mass is 16.3. The van der Waals surface area contributed by atoms with Crippen molar-refractivity contribution in [2.45, 2.75) is 38.3 Å². The van der Waals surface area contributed by atoms with Gasteiger partial charge in [0.15, 0.2) is 0 Å². The van der Waals surface area contributed by atoms with Crippen molar-refractivity contribution in [2.24, 2.45) is 13.0 Å². The summed E-state index contributed by atoms with van der Waals surface area (Å²) in [4.78, 5) is 11.5. The molecule has 0 aromatic carbocycles. The predicted octanol–water partition coefficient (Wildman–Crippen LogP) is 0.738. The Balaban J connectivity index is 1.93. The quantitative estimate of drug-likeness (QED) is 0.799. The highest BCUT2D eigenvalue weighted by molar-refractivity contribution is 4.82. The minimum atomic E-state index is -0.149. The Labute approximate surface area is 89.1 Å². The van der Waals surface area contributed by atoms with Gasteiger partial charge >= 0.3 is 5.69 Å². The minimum absolute atomic E-state index is 0.0301. The Morgan fingerprint density at radius 2 is 2.27 bits per heavy atom. The SMILES string of the molecule is Cn1ccn(CCC2CCCC2O)c1=O. The maximum absolute atomic E-state index is 11.5. The first-order chi connectivity index (χ1) is 7.18. The number of aliphatic hydroxyl groups is 1. The van der Waals surface area contributed by atoms with Crippen LogP contribution in [0.4, 0.5) is 0 Å². The predicted molar refractivity (Wildman–Crippen MR) is 57.6 cm³/mol. The number of aryl methyl sites for hydroxylation is 2. The number of nitrogens with zero attached hydrogens (tertiary/aromatic N) is 2. The summed E-state index contributed by atoms with van der Waals surface area (Å²) >= 11 is 0. The topological polar surface area (TPSA) is 47.2 Å². The molecule has 0 bridgehead atoms. The molecule has 0 spiro atoms. The third kappa shape index (κ3) is 2.15. The Kier molecular flexibility index (Phi) is 2.95. The minimum Gasteiger partial charge on any atom is -0.393 e. The number of aliphatic hydroxyl groups excluding tert-OH is 1. The number of rotatable bonds is 3. The molecule has 1 aliphatic rings. The third-order valence-electron chi connectivity index (χ3n) is 3.38. The first-order valence-electron chi connectivity index (χ1n) is 5.58. The fourth-order valence-electron chi connectivity index (χ4n) is 2.34. The van der Waals surface area contributed by atoms with Crippen molar-refractivity contribution in [2.75, 3.05) is 0 Å². The molecule has 1 aromatic rings. The monoisotopic (exact) mass is 210 g/mol. The van der Waals surface area contributed by atoms with Crippen LogP contribution in [-0.2, 0) is 13.6 Å². The molecule has 1 saturated carbocycles. The van der Waals surface area contributed by atoms with Gasteiger partial charge in [0.1, 0.15) is 0 Å². The van der Waals surface area contributed by atoms with Gasteiger partial charge in [0.05, 0.1) is 6.10 Å². The normalized spacial score (nSPS) is 26.0. The van der Waals surface area contributed by atoms with Gasteiger partial charge in [-0.1, -0.05) is 6.42 Å². The molecule has 1 fully saturated rings. The van der Waals surface area contributed by atoms with E-state index in [4.69, 9.17) is 0 Å². The van der Waals surface area contributed by atoms with E-state index >= 15 is 0 Å². The van der Waals surface area contributed by atoms with Crippen LogP contribution in [0.5, 0.6) is 0 Å². The van der Waals surface area contributed by atoms with Crippen LogP contribution in [0.1, 0.15) is 25.7 Å². The molecule has 0 radical (unpaired) electrons. The lowest BCUT2D eigenvalue weighted by molar-refractivity contribution is 0.125. The highest BCUT2D eigenvalue weighted by Gasteiger charge is 2.24. The Morgan fingerprint density at radius 3 is 2.80 bits per heavy atom. The lowest BCUT2D eigenvalue weighted by atomic mass is 10.0. The van der Waals surface area contributed by atoms with Crippen molar-refractivity contribution < 1.29 is 5.11 Å². The number of aromatic nitrogens is 2. The molecule has 1 heterocycles. The molecule has 4 nitrogen and oxygen atoms in total. The zero-order chi connectivity index (χ0) is 10.8. The van der Waals surface area contributed by atoms with Gasteiger partial charge in [-0.25, -0.2) is 4.79 Å². The smallest absolute Gasteiger partial charge is 0.327 e. The van der Waals surface area contributed by atoms with Crippen molar-refractivity contribution in [3.8, 4) is 0 Å². The largest absolute Gasteiger partial charge is 0.393 e. The van der Waals surface area contributed by atoms with E-state index in [1.807, 2.05) is 6.20 Å². The van der Waals surface area contributed by atoms with E-state index in [1.54, 1.807) is 22.4 Å². The average Bonchev–Trinajstić information content (AvgIpc) is 2.74. The highest BCUT2D eigenvalue weighted by Crippen LogP contribution is 2.28. The summed E-state index contributed by atoms with van der Waals surface area (Å²) in [7, 11) is 1.75. The summed E-state index contributed by atoms with van der Waals surface area (Å²) in [5.41, 5.74) is 0.0301. The van der Waals surface area contributed by atoms with Crippen LogP contribution < -0.4 is 5.69 Å². The van der Waals surface area contributed by atoms with Gasteiger partial charge in [0.25, 0.3) is 0 Å². The van der Waals surface area contributed by atoms with E-state index in [-0.39, 0.29) is 11.8 Å². The fraction of sp³-hybridized carbons (Fsp3) is 0.727. The molecule has 1 N–H and O–H groups in total. The van der Waals surface area contributed by atoms with Crippen LogP contribution in [0.15, 0.2) is 17.2 Å². The number of hydrogen-bond donors (Lipinski definition) is 1. The van der Waals surface area contributed by atoms with E-state index in [2.05, 4.69) is 0 Å². The Bertz CT molecular complexity index is 380. The summed E-state index contributed by atoms with van der Waals surface area (Å²) in [6.07, 6.45) is 7.49. The van der Waals surface area contributed by atoms with Gasteiger partial charge < -0.3 is 9.67 Å². The summed E-state index contributed by atoms with van der Waals surface area (Å²) in [5.74, 6) is 0.386. The van der Waals surface area contributed by atoms with Crippen LogP contribution in [-0.4, -0.2) is 20.3 Å². The first kappa shape index (κ1) is 10.5. The van der Waals surface area contributed by atoms with Crippen molar-refractivity contribution in [1.29, 1.82) is 0 Å². The summed E-state index contributed by atoms with van der Waals surface area (Å²) in [5, 5.41) is 9.65. The van der Waals surface area contributed by atoms with Crippen LogP contribution >= 0.6 is 0 Å². The second-order valence-corrected chi connectivity index (χ2v) is 4.43. The van der Waals surface area contributed by atoms with Gasteiger partial charge in [-0.3, -0.25) is 4.57 Å². The van der Waals surface area contributed by atoms with Crippen LogP contribution in [0.25, 0.3) is 0 Å². The van der Waals surface area contributed by atoms with Gasteiger partial charge in [-0.05, 0) is 25.2 Å². The van der Waals surface area contributed by atoms with Crippen LogP contribution in [0, 0.1) is 5.92 Å². The van der Waals surface area contributed by atoms with E-state index < -0.39 is 0 Å². The Morgan fingerprint density at radius 1 is 1.47 bits per heavy atom. The molecular weight excluding hydrogens is 192 g/mol. The average molecular weight is 210 g/mol. The molecule has 4 heteroatoms. The second-order valence-electron chi connectivity index (χ2n) is 4.43. The van der Waals surface area contributed by atoms with E-state index in [9.17, 15) is 9.90 Å². The van der Waals surface area contributed by atoms with Crippen molar-refractivity contribution in [1.82, 2.24) is 9.13 Å². The number of imidazole rings is 1. The van der Waals surface area contributed by atoms with E-state index in [0.717, 1.165) is 32.2 Å². The molecule has 2 unspecified atom stereocenters. The lowest BCUT2D eigenvalue weighted by Crippen LogP contribution is -2.24. The molecule has 0 aliphatic heterocycles. The molecule has 1 aliphatic carbocycles. The Hall–Kier alpha value is -1.03. The van der Waals surface area contributed by atoms with Crippen molar-refractivity contribution in [3.63, 3.8) is 0 Å². The lowest BCUT2D eigenvalue weighted by Gasteiger charge is -2.13. The fourth-order valence-corrected chi connectivity index (χ4v) is 2.34. The molecule has 2 atom stereocenters. The van der Waals surface area contributed by atoms with Gasteiger partial charge in [0, 0.05) is 26.0 Å². The summed E-state index contributed by atoms with van der Waals surface area (Å²) in [6, 6.07) is 0.